The lowest BCUT2D eigenvalue weighted by Crippen LogP contribution is -2.03. The lowest BCUT2D eigenvalue weighted by molar-refractivity contribution is 0.627. The van der Waals surface area contributed by atoms with Crippen LogP contribution in [0.5, 0.6) is 0 Å². The fourth-order valence-electron chi connectivity index (χ4n) is 1.60. The van der Waals surface area contributed by atoms with Crippen LogP contribution >= 0.6 is 31.9 Å². The normalized spacial score (nSPS) is 10.4. The largest absolute Gasteiger partial charge is 0.379 e. The number of nitrogens with one attached hydrogen (secondary N) is 1. The van der Waals surface area contributed by atoms with Crippen molar-refractivity contribution in [3.05, 3.63) is 56.5 Å². The summed E-state index contributed by atoms with van der Waals surface area (Å²) in [6.45, 7) is 2.40. The highest BCUT2D eigenvalue weighted by Crippen LogP contribution is 2.21. The van der Waals surface area contributed by atoms with Crippen LogP contribution in [-0.4, -0.2) is 4.98 Å². The van der Waals surface area contributed by atoms with E-state index in [2.05, 4.69) is 42.2 Å². The van der Waals surface area contributed by atoms with Crippen LogP contribution in [-0.2, 0) is 6.54 Å². The smallest absolute Gasteiger partial charge is 0.125 e. The number of hydrogen-bond acceptors (Lipinski definition) is 2. The molecular weight excluding hydrogens is 363 g/mol. The first-order valence-corrected chi connectivity index (χ1v) is 6.94. The second-order valence-electron chi connectivity index (χ2n) is 3.95. The van der Waals surface area contributed by atoms with Gasteiger partial charge in [-0.05, 0) is 68.6 Å². The number of aromatic nitrogens is 1. The van der Waals surface area contributed by atoms with Crippen molar-refractivity contribution in [1.29, 1.82) is 0 Å². The van der Waals surface area contributed by atoms with Gasteiger partial charge in [0.25, 0.3) is 0 Å². The van der Waals surface area contributed by atoms with Gasteiger partial charge >= 0.3 is 0 Å². The van der Waals surface area contributed by atoms with Gasteiger partial charge in [0.15, 0.2) is 0 Å². The Bertz CT molecular complexity index is 553. The van der Waals surface area contributed by atoms with E-state index in [0.29, 0.717) is 6.54 Å². The molecule has 0 unspecified atom stereocenters. The average molecular weight is 374 g/mol. The van der Waals surface area contributed by atoms with Gasteiger partial charge in [-0.15, -0.1) is 0 Å². The van der Waals surface area contributed by atoms with Crippen molar-refractivity contribution >= 4 is 37.5 Å². The van der Waals surface area contributed by atoms with Crippen LogP contribution in [0.3, 0.4) is 0 Å². The van der Waals surface area contributed by atoms with Gasteiger partial charge in [0.05, 0.1) is 12.2 Å². The monoisotopic (exact) mass is 372 g/mol. The van der Waals surface area contributed by atoms with E-state index >= 15 is 0 Å². The molecule has 1 heterocycles. The van der Waals surface area contributed by atoms with Crippen molar-refractivity contribution in [2.45, 2.75) is 13.5 Å². The molecule has 0 radical (unpaired) electrons. The molecule has 1 N–H and O–H groups in total. The van der Waals surface area contributed by atoms with Crippen LogP contribution < -0.4 is 5.32 Å². The minimum Gasteiger partial charge on any atom is -0.379 e. The summed E-state index contributed by atoms with van der Waals surface area (Å²) in [7, 11) is 0. The highest BCUT2D eigenvalue weighted by atomic mass is 79.9. The van der Waals surface area contributed by atoms with Crippen LogP contribution in [0.25, 0.3) is 0 Å². The van der Waals surface area contributed by atoms with Crippen molar-refractivity contribution in [2.24, 2.45) is 0 Å². The maximum Gasteiger partial charge on any atom is 0.125 e. The van der Waals surface area contributed by atoms with E-state index in [-0.39, 0.29) is 5.82 Å². The van der Waals surface area contributed by atoms with Crippen LogP contribution in [0.15, 0.2) is 39.4 Å². The van der Waals surface area contributed by atoms with Gasteiger partial charge < -0.3 is 5.32 Å². The second-order valence-corrected chi connectivity index (χ2v) is 5.72. The molecule has 2 aromatic rings. The van der Waals surface area contributed by atoms with Gasteiger partial charge in [-0.2, -0.15) is 0 Å². The first-order chi connectivity index (χ1) is 8.54. The van der Waals surface area contributed by atoms with Crippen molar-refractivity contribution in [2.75, 3.05) is 5.32 Å². The van der Waals surface area contributed by atoms with E-state index in [1.165, 1.54) is 12.1 Å². The number of hydrogen-bond donors (Lipinski definition) is 1. The summed E-state index contributed by atoms with van der Waals surface area (Å²) < 4.78 is 15.0. The minimum atomic E-state index is -0.236. The summed E-state index contributed by atoms with van der Waals surface area (Å²) in [5.41, 5.74) is 2.52. The highest BCUT2D eigenvalue weighted by Gasteiger charge is 2.03. The molecule has 94 valence electrons. The maximum atomic E-state index is 13.2. The van der Waals surface area contributed by atoms with E-state index in [4.69, 9.17) is 0 Å². The Kier molecular flexibility index (Phi) is 4.35. The molecule has 0 fully saturated rings. The number of pyridine rings is 1. The Morgan fingerprint density at radius 2 is 2.00 bits per heavy atom. The molecule has 0 amide bonds. The van der Waals surface area contributed by atoms with E-state index in [0.717, 1.165) is 25.9 Å². The third-order valence-corrected chi connectivity index (χ3v) is 3.51. The molecule has 0 aliphatic heterocycles. The Morgan fingerprint density at radius 3 is 2.67 bits per heavy atom. The predicted molar refractivity (Wildman–Crippen MR) is 78.1 cm³/mol. The van der Waals surface area contributed by atoms with E-state index < -0.39 is 0 Å². The van der Waals surface area contributed by atoms with Crippen molar-refractivity contribution in [3.8, 4) is 0 Å². The SMILES string of the molecule is Cc1cc(F)cc(NCc2ncc(Br)cc2Br)c1. The van der Waals surface area contributed by atoms with Gasteiger partial charge in [0.1, 0.15) is 5.82 Å². The lowest BCUT2D eigenvalue weighted by Gasteiger charge is -2.08. The van der Waals surface area contributed by atoms with Gasteiger partial charge in [-0.25, -0.2) is 4.39 Å². The number of aryl methyl sites for hydroxylation is 1. The number of rotatable bonds is 3. The molecule has 1 aromatic carbocycles. The summed E-state index contributed by atoms with van der Waals surface area (Å²) in [4.78, 5) is 4.29. The third-order valence-electron chi connectivity index (χ3n) is 2.39. The zero-order valence-electron chi connectivity index (χ0n) is 9.67. The van der Waals surface area contributed by atoms with Gasteiger partial charge in [0.2, 0.25) is 0 Å². The summed E-state index contributed by atoms with van der Waals surface area (Å²) in [5.74, 6) is -0.236. The van der Waals surface area contributed by atoms with Crippen molar-refractivity contribution in [1.82, 2.24) is 4.98 Å². The molecule has 2 nitrogen and oxygen atoms in total. The second kappa shape index (κ2) is 5.80. The van der Waals surface area contributed by atoms with Gasteiger partial charge in [0, 0.05) is 20.8 Å². The molecule has 18 heavy (non-hydrogen) atoms. The molecule has 2 rings (SSSR count). The first-order valence-electron chi connectivity index (χ1n) is 5.35. The van der Waals surface area contributed by atoms with Gasteiger partial charge in [-0.3, -0.25) is 4.98 Å². The maximum absolute atomic E-state index is 13.2. The number of benzene rings is 1. The number of halogens is 3. The number of anilines is 1. The molecule has 1 aromatic heterocycles. The Balaban J connectivity index is 2.11. The molecule has 0 aliphatic carbocycles. The van der Waals surface area contributed by atoms with Crippen molar-refractivity contribution < 1.29 is 4.39 Å². The molecule has 0 aliphatic rings. The molecule has 0 bridgehead atoms. The van der Waals surface area contributed by atoms with Crippen molar-refractivity contribution in [3.63, 3.8) is 0 Å². The molecule has 5 heteroatoms. The summed E-state index contributed by atoms with van der Waals surface area (Å²) in [6, 6.07) is 6.80. The van der Waals surface area contributed by atoms with Crippen LogP contribution in [0, 0.1) is 12.7 Å². The fraction of sp³-hybridized carbons (Fsp3) is 0.154. The van der Waals surface area contributed by atoms with E-state index in [1.54, 1.807) is 6.20 Å². The van der Waals surface area contributed by atoms with Crippen LogP contribution in [0.2, 0.25) is 0 Å². The molecule has 0 saturated heterocycles. The quantitative estimate of drug-likeness (QED) is 0.845. The first kappa shape index (κ1) is 13.5. The fourth-order valence-corrected chi connectivity index (χ4v) is 2.72. The molecule has 0 atom stereocenters. The summed E-state index contributed by atoms with van der Waals surface area (Å²) in [5, 5.41) is 3.16. The molecule has 0 saturated carbocycles. The Labute approximate surface area is 122 Å². The average Bonchev–Trinajstić information content (AvgIpc) is 2.26. The zero-order chi connectivity index (χ0) is 13.1. The van der Waals surface area contributed by atoms with Crippen LogP contribution in [0.1, 0.15) is 11.3 Å². The zero-order valence-corrected chi connectivity index (χ0v) is 12.8. The third kappa shape index (κ3) is 3.53. The van der Waals surface area contributed by atoms with Gasteiger partial charge in [-0.1, -0.05) is 0 Å². The van der Waals surface area contributed by atoms with Crippen LogP contribution in [0.4, 0.5) is 10.1 Å². The van der Waals surface area contributed by atoms with E-state index in [1.807, 2.05) is 19.1 Å². The Morgan fingerprint density at radius 1 is 1.22 bits per heavy atom. The predicted octanol–water partition coefficient (Wildman–Crippen LogP) is 4.67. The standard InChI is InChI=1S/C13H11Br2FN2/c1-8-2-10(16)5-11(3-8)17-7-13-12(15)4-9(14)6-18-13/h2-6,17H,7H2,1H3. The Hall–Kier alpha value is -0.940. The van der Waals surface area contributed by atoms with E-state index in [9.17, 15) is 4.39 Å². The summed E-state index contributed by atoms with van der Waals surface area (Å²) in [6.07, 6.45) is 1.73. The highest BCUT2D eigenvalue weighted by molar-refractivity contribution is 9.11. The summed E-state index contributed by atoms with van der Waals surface area (Å²) >= 11 is 6.79. The lowest BCUT2D eigenvalue weighted by atomic mass is 10.2. The molecule has 0 spiro atoms. The minimum absolute atomic E-state index is 0.236. The molecular formula is C13H11Br2FN2. The number of nitrogens with zero attached hydrogens (tertiary/aromatic N) is 1. The topological polar surface area (TPSA) is 24.9 Å².